The van der Waals surface area contributed by atoms with Gasteiger partial charge in [-0.05, 0) is 6.58 Å². The summed E-state index contributed by atoms with van der Waals surface area (Å²) < 4.78 is 6.31. The van der Waals surface area contributed by atoms with Crippen molar-refractivity contribution < 1.29 is 18.9 Å². The number of ether oxygens (including phenoxy) is 1. The summed E-state index contributed by atoms with van der Waals surface area (Å²) >= 11 is 0. The Labute approximate surface area is 96.6 Å². The highest BCUT2D eigenvalue weighted by Crippen LogP contribution is 2.11. The first kappa shape index (κ1) is 14.6. The number of esters is 1. The molecule has 1 unspecified atom stereocenters. The zero-order valence-electron chi connectivity index (χ0n) is 10.6. The zero-order valence-corrected chi connectivity index (χ0v) is 10.6. The molecule has 0 N–H and O–H groups in total. The maximum Gasteiger partial charge on any atom is 0.326 e. The Morgan fingerprint density at radius 1 is 1.38 bits per heavy atom. The Morgan fingerprint density at radius 2 is 1.88 bits per heavy atom. The van der Waals surface area contributed by atoms with Crippen LogP contribution in [0, 0.1) is 11.8 Å². The Kier molecular flexibility index (Phi) is 5.64. The molecule has 16 heavy (non-hydrogen) atoms. The smallest absolute Gasteiger partial charge is 0.326 e. The molecular formula is C12H20NO3+. The second kappa shape index (κ2) is 6.20. The van der Waals surface area contributed by atoms with Gasteiger partial charge in [0.15, 0.2) is 23.6 Å². The van der Waals surface area contributed by atoms with E-state index in [4.69, 9.17) is 0 Å². The first-order valence-corrected chi connectivity index (χ1v) is 5.17. The maximum absolute atomic E-state index is 11.9. The van der Waals surface area contributed by atoms with Gasteiger partial charge >= 0.3 is 5.97 Å². The van der Waals surface area contributed by atoms with E-state index in [2.05, 4.69) is 11.3 Å². The van der Waals surface area contributed by atoms with Gasteiger partial charge in [0, 0.05) is 12.8 Å². The highest BCUT2D eigenvalue weighted by atomic mass is 16.5. The molecule has 0 aromatic rings. The standard InChI is InChI=1S/C12H20NO3/c1-7-13(5)9(4)10(12(15)16-6)11(14)8(2)3/h7-8,10H,1H2,2-6H3/q+1. The van der Waals surface area contributed by atoms with Crippen LogP contribution < -0.4 is 0 Å². The predicted molar refractivity (Wildman–Crippen MR) is 62.4 cm³/mol. The van der Waals surface area contributed by atoms with Crippen molar-refractivity contribution in [3.8, 4) is 0 Å². The molecule has 0 spiro atoms. The molecule has 1 atom stereocenters. The van der Waals surface area contributed by atoms with E-state index in [1.165, 1.54) is 7.11 Å². The first-order chi connectivity index (χ1) is 7.36. The summed E-state index contributed by atoms with van der Waals surface area (Å²) in [5, 5.41) is 0. The Balaban J connectivity index is 5.35. The fraction of sp³-hybridized carbons (Fsp3) is 0.583. The summed E-state index contributed by atoms with van der Waals surface area (Å²) in [5.74, 6) is -1.71. The van der Waals surface area contributed by atoms with Gasteiger partial charge in [0.25, 0.3) is 0 Å². The van der Waals surface area contributed by atoms with Gasteiger partial charge in [-0.1, -0.05) is 13.8 Å². The minimum absolute atomic E-state index is 0.141. The largest absolute Gasteiger partial charge is 0.468 e. The monoisotopic (exact) mass is 226 g/mol. The van der Waals surface area contributed by atoms with E-state index >= 15 is 0 Å². The minimum atomic E-state index is -0.840. The Morgan fingerprint density at radius 3 is 2.19 bits per heavy atom. The topological polar surface area (TPSA) is 46.4 Å². The van der Waals surface area contributed by atoms with E-state index in [9.17, 15) is 9.59 Å². The lowest BCUT2D eigenvalue weighted by atomic mass is 9.91. The molecule has 0 heterocycles. The van der Waals surface area contributed by atoms with Gasteiger partial charge < -0.3 is 4.74 Å². The molecule has 0 aliphatic heterocycles. The molecule has 0 aliphatic rings. The third kappa shape index (κ3) is 3.29. The molecule has 4 nitrogen and oxygen atoms in total. The van der Waals surface area contributed by atoms with Crippen LogP contribution >= 0.6 is 0 Å². The number of methoxy groups -OCH3 is 1. The molecule has 0 bridgehead atoms. The van der Waals surface area contributed by atoms with Crippen molar-refractivity contribution >= 4 is 17.5 Å². The van der Waals surface area contributed by atoms with E-state index in [0.717, 1.165) is 0 Å². The second-order valence-corrected chi connectivity index (χ2v) is 3.95. The van der Waals surface area contributed by atoms with Crippen LogP contribution in [0.15, 0.2) is 12.8 Å². The van der Waals surface area contributed by atoms with Crippen LogP contribution in [0.2, 0.25) is 0 Å². The number of carbonyl (C=O) groups excluding carboxylic acids is 2. The van der Waals surface area contributed by atoms with Gasteiger partial charge in [0.1, 0.15) is 7.05 Å². The minimum Gasteiger partial charge on any atom is -0.468 e. The molecule has 0 saturated carbocycles. The van der Waals surface area contributed by atoms with Gasteiger partial charge in [0.05, 0.1) is 7.11 Å². The molecule has 0 fully saturated rings. The van der Waals surface area contributed by atoms with Crippen molar-refractivity contribution in [2.45, 2.75) is 20.8 Å². The molecule has 0 amide bonds. The Hall–Kier alpha value is -1.45. The van der Waals surface area contributed by atoms with Crippen LogP contribution in [0.25, 0.3) is 0 Å². The lowest BCUT2D eigenvalue weighted by Gasteiger charge is -2.13. The quantitative estimate of drug-likeness (QED) is 0.307. The van der Waals surface area contributed by atoms with Crippen molar-refractivity contribution in [1.82, 2.24) is 0 Å². The average Bonchev–Trinajstić information content (AvgIpc) is 2.27. The molecule has 90 valence electrons. The van der Waals surface area contributed by atoms with E-state index in [0.29, 0.717) is 5.71 Å². The van der Waals surface area contributed by atoms with E-state index in [1.54, 1.807) is 38.6 Å². The maximum atomic E-state index is 11.9. The van der Waals surface area contributed by atoms with Crippen LogP contribution in [0.4, 0.5) is 0 Å². The molecule has 0 aromatic heterocycles. The molecule has 0 radical (unpaired) electrons. The fourth-order valence-electron chi connectivity index (χ4n) is 1.29. The number of rotatable bonds is 5. The average molecular weight is 226 g/mol. The molecule has 0 saturated heterocycles. The number of Topliss-reactive ketones (excluding diaryl/α,β-unsaturated/α-hetero) is 1. The summed E-state index contributed by atoms with van der Waals surface area (Å²) in [6.07, 6.45) is 1.55. The van der Waals surface area contributed by atoms with Crippen molar-refractivity contribution in [2.24, 2.45) is 11.8 Å². The van der Waals surface area contributed by atoms with Crippen molar-refractivity contribution in [2.75, 3.05) is 14.2 Å². The summed E-state index contributed by atoms with van der Waals surface area (Å²) in [7, 11) is 3.02. The summed E-state index contributed by atoms with van der Waals surface area (Å²) in [5.41, 5.74) is 0.626. The van der Waals surface area contributed by atoms with Crippen molar-refractivity contribution in [1.29, 1.82) is 0 Å². The molecule has 0 aromatic carbocycles. The third-order valence-electron chi connectivity index (χ3n) is 2.54. The second-order valence-electron chi connectivity index (χ2n) is 3.95. The van der Waals surface area contributed by atoms with Crippen molar-refractivity contribution in [3.63, 3.8) is 0 Å². The lowest BCUT2D eigenvalue weighted by molar-refractivity contribution is -0.424. The number of ketones is 1. The SMILES string of the molecule is C=C[N+](C)=C(C)C(C(=O)OC)C(=O)C(C)C. The molecular weight excluding hydrogens is 206 g/mol. The van der Waals surface area contributed by atoms with Gasteiger partial charge in [-0.3, -0.25) is 9.59 Å². The first-order valence-electron chi connectivity index (χ1n) is 5.17. The zero-order chi connectivity index (χ0) is 12.9. The summed E-state index contributed by atoms with van der Waals surface area (Å²) in [6.45, 7) is 8.85. The number of nitrogens with zero attached hydrogens (tertiary/aromatic N) is 1. The number of carbonyl (C=O) groups is 2. The van der Waals surface area contributed by atoms with Crippen LogP contribution in [-0.2, 0) is 14.3 Å². The van der Waals surface area contributed by atoms with E-state index in [-0.39, 0.29) is 11.7 Å². The van der Waals surface area contributed by atoms with Crippen LogP contribution in [0.5, 0.6) is 0 Å². The Bertz CT molecular complexity index is 329. The normalized spacial score (nSPS) is 14.1. The van der Waals surface area contributed by atoms with Crippen LogP contribution in [0.1, 0.15) is 20.8 Å². The third-order valence-corrected chi connectivity index (χ3v) is 2.54. The summed E-state index contributed by atoms with van der Waals surface area (Å²) in [6, 6.07) is 0. The summed E-state index contributed by atoms with van der Waals surface area (Å²) in [4.78, 5) is 23.5. The van der Waals surface area contributed by atoms with Gasteiger partial charge in [0.2, 0.25) is 0 Å². The van der Waals surface area contributed by atoms with E-state index in [1.807, 2.05) is 0 Å². The molecule has 0 aliphatic carbocycles. The highest BCUT2D eigenvalue weighted by molar-refractivity contribution is 6.17. The van der Waals surface area contributed by atoms with Crippen LogP contribution in [0.3, 0.4) is 0 Å². The lowest BCUT2D eigenvalue weighted by Crippen LogP contribution is -2.37. The molecule has 0 rings (SSSR count). The fourth-order valence-corrected chi connectivity index (χ4v) is 1.29. The number of hydrogen-bond acceptors (Lipinski definition) is 3. The number of hydrogen-bond donors (Lipinski definition) is 0. The predicted octanol–water partition coefficient (Wildman–Crippen LogP) is 1.25. The van der Waals surface area contributed by atoms with Gasteiger partial charge in [-0.2, -0.15) is 0 Å². The highest BCUT2D eigenvalue weighted by Gasteiger charge is 2.36. The van der Waals surface area contributed by atoms with Gasteiger partial charge in [-0.15, -0.1) is 0 Å². The van der Waals surface area contributed by atoms with Crippen LogP contribution in [-0.4, -0.2) is 36.2 Å². The van der Waals surface area contributed by atoms with E-state index < -0.39 is 11.9 Å². The molecule has 4 heteroatoms. The van der Waals surface area contributed by atoms with Crippen molar-refractivity contribution in [3.05, 3.63) is 12.8 Å². The van der Waals surface area contributed by atoms with Gasteiger partial charge in [-0.25, -0.2) is 4.58 Å².